The molecule has 7 rings (SSSR count). The van der Waals surface area contributed by atoms with E-state index in [1.165, 1.54) is 22.9 Å². The Bertz CT molecular complexity index is 1160. The van der Waals surface area contributed by atoms with Crippen molar-refractivity contribution in [3.05, 3.63) is 71.4 Å². The van der Waals surface area contributed by atoms with Crippen molar-refractivity contribution in [2.75, 3.05) is 26.8 Å². The van der Waals surface area contributed by atoms with Gasteiger partial charge in [0.1, 0.15) is 5.41 Å². The fraction of sp³-hybridized carbons (Fsp3) is 0.464. The molecule has 0 amide bonds. The molecular weight excluding hydrogens is 412 g/mol. The number of H-pyrrole nitrogens is 1. The molecule has 1 aromatic heterocycles. The average Bonchev–Trinajstić information content (AvgIpc) is 3.20. The van der Waals surface area contributed by atoms with Gasteiger partial charge in [-0.2, -0.15) is 0 Å². The van der Waals surface area contributed by atoms with Crippen molar-refractivity contribution in [2.24, 2.45) is 11.8 Å². The van der Waals surface area contributed by atoms with Crippen LogP contribution in [0.15, 0.2) is 54.6 Å². The van der Waals surface area contributed by atoms with Gasteiger partial charge in [0.15, 0.2) is 0 Å². The molecule has 4 heterocycles. The highest BCUT2D eigenvalue weighted by Gasteiger charge is 2.62. The normalized spacial score (nSPS) is 30.1. The van der Waals surface area contributed by atoms with E-state index >= 15 is 0 Å². The number of carbonyl (C=O) groups is 1. The first-order valence-electron chi connectivity index (χ1n) is 12.2. The van der Waals surface area contributed by atoms with Crippen LogP contribution in [-0.4, -0.2) is 48.7 Å². The van der Waals surface area contributed by atoms with Gasteiger partial charge in [0.2, 0.25) is 0 Å². The number of carbonyl (C=O) groups excluding carboxylic acids is 1. The highest BCUT2D eigenvalue weighted by Crippen LogP contribution is 2.55. The van der Waals surface area contributed by atoms with Gasteiger partial charge in [-0.1, -0.05) is 48.5 Å². The summed E-state index contributed by atoms with van der Waals surface area (Å²) in [5, 5.41) is 1.25. The summed E-state index contributed by atoms with van der Waals surface area (Å²) in [4.78, 5) is 19.9. The topological polar surface area (TPSA) is 54.6 Å². The van der Waals surface area contributed by atoms with Gasteiger partial charge in [0, 0.05) is 42.3 Å². The molecule has 3 fully saturated rings. The number of aromatic amines is 1. The fourth-order valence-electron chi connectivity index (χ4n) is 7.15. The number of hydrogen-bond donors (Lipinski definition) is 1. The monoisotopic (exact) mass is 444 g/mol. The van der Waals surface area contributed by atoms with E-state index in [0.717, 1.165) is 43.6 Å². The minimum Gasteiger partial charge on any atom is -0.468 e. The molecule has 3 aliphatic heterocycles. The molecule has 4 unspecified atom stereocenters. The van der Waals surface area contributed by atoms with Gasteiger partial charge in [0.25, 0.3) is 0 Å². The lowest BCUT2D eigenvalue weighted by molar-refractivity contribution is -0.163. The second-order valence-electron chi connectivity index (χ2n) is 10.1. The van der Waals surface area contributed by atoms with E-state index in [1.807, 2.05) is 6.07 Å². The molecule has 2 aromatic carbocycles. The molecule has 5 heteroatoms. The first-order valence-corrected chi connectivity index (χ1v) is 12.2. The Morgan fingerprint density at radius 1 is 1.15 bits per heavy atom. The molecule has 1 aliphatic carbocycles. The summed E-state index contributed by atoms with van der Waals surface area (Å²) in [6.07, 6.45) is 3.99. The number of piperidine rings is 2. The summed E-state index contributed by atoms with van der Waals surface area (Å²) >= 11 is 0. The van der Waals surface area contributed by atoms with E-state index in [-0.39, 0.29) is 12.0 Å². The number of aromatic nitrogens is 1. The minimum absolute atomic E-state index is 0.0770. The highest BCUT2D eigenvalue weighted by atomic mass is 16.5. The zero-order valence-electron chi connectivity index (χ0n) is 19.3. The Balaban J connectivity index is 1.33. The lowest BCUT2D eigenvalue weighted by atomic mass is 9.56. The largest absolute Gasteiger partial charge is 0.468 e. The number of para-hydroxylation sites is 1. The quantitative estimate of drug-likeness (QED) is 0.451. The Kier molecular flexibility index (Phi) is 5.27. The molecule has 1 saturated carbocycles. The van der Waals surface area contributed by atoms with Gasteiger partial charge in [-0.05, 0) is 54.7 Å². The Hall–Kier alpha value is -2.63. The van der Waals surface area contributed by atoms with E-state index in [4.69, 9.17) is 9.47 Å². The molecule has 2 saturated heterocycles. The number of hydrogen-bond acceptors (Lipinski definition) is 4. The second kappa shape index (κ2) is 8.30. The molecule has 4 bridgehead atoms. The van der Waals surface area contributed by atoms with Gasteiger partial charge >= 0.3 is 5.97 Å². The zero-order chi connectivity index (χ0) is 22.4. The van der Waals surface area contributed by atoms with Crippen molar-refractivity contribution < 1.29 is 14.3 Å². The number of fused-ring (bicyclic) bond motifs is 4. The molecule has 172 valence electrons. The van der Waals surface area contributed by atoms with Gasteiger partial charge in [-0.3, -0.25) is 9.69 Å². The highest BCUT2D eigenvalue weighted by molar-refractivity contribution is 5.91. The number of nitrogens with one attached hydrogen (secondary N) is 1. The summed E-state index contributed by atoms with van der Waals surface area (Å²) < 4.78 is 11.6. The van der Waals surface area contributed by atoms with Crippen LogP contribution in [0.1, 0.15) is 36.1 Å². The molecular formula is C28H32N2O3. The van der Waals surface area contributed by atoms with E-state index in [2.05, 4.69) is 58.4 Å². The number of rotatable bonds is 6. The maximum absolute atomic E-state index is 13.6. The van der Waals surface area contributed by atoms with Crippen molar-refractivity contribution in [1.82, 2.24) is 9.88 Å². The van der Waals surface area contributed by atoms with Crippen LogP contribution >= 0.6 is 0 Å². The summed E-state index contributed by atoms with van der Waals surface area (Å²) in [6.45, 7) is 3.44. The number of methoxy groups -OCH3 is 1. The van der Waals surface area contributed by atoms with Crippen LogP contribution < -0.4 is 0 Å². The predicted molar refractivity (Wildman–Crippen MR) is 128 cm³/mol. The van der Waals surface area contributed by atoms with Crippen molar-refractivity contribution in [3.63, 3.8) is 0 Å². The molecule has 0 radical (unpaired) electrons. The summed E-state index contributed by atoms with van der Waals surface area (Å²) in [6, 6.07) is 19.0. The SMILES string of the molecule is COC(=O)C12C[C@@H]3CC(CCOCc4ccccc4)C1N(CCc1c2[nH]c2ccccc12)C3. The van der Waals surface area contributed by atoms with Gasteiger partial charge in [-0.25, -0.2) is 0 Å². The smallest absolute Gasteiger partial charge is 0.319 e. The second-order valence-corrected chi connectivity index (χ2v) is 10.1. The number of ether oxygens (including phenoxy) is 2. The lowest BCUT2D eigenvalue weighted by Gasteiger charge is -2.58. The Morgan fingerprint density at radius 2 is 1.97 bits per heavy atom. The average molecular weight is 445 g/mol. The maximum atomic E-state index is 13.6. The molecule has 5 atom stereocenters. The minimum atomic E-state index is -0.620. The van der Waals surface area contributed by atoms with Crippen LogP contribution in [0.4, 0.5) is 0 Å². The first-order chi connectivity index (χ1) is 16.2. The van der Waals surface area contributed by atoms with Crippen LogP contribution in [0.3, 0.4) is 0 Å². The van der Waals surface area contributed by atoms with E-state index in [9.17, 15) is 4.79 Å². The molecule has 5 nitrogen and oxygen atoms in total. The first kappa shape index (κ1) is 20.9. The standard InChI is InChI=1S/C28H32N2O3/c1-32-27(31)28-16-20-15-21(12-14-33-18-19-7-3-2-4-8-19)26(28)30(17-20)13-11-23-22-9-5-6-10-24(22)29-25(23)28/h2-10,20-21,26,29H,11-18H2,1H3/t20-,21?,26?,28?/m0/s1. The van der Waals surface area contributed by atoms with Crippen LogP contribution in [0.5, 0.6) is 0 Å². The van der Waals surface area contributed by atoms with Gasteiger partial charge < -0.3 is 14.5 Å². The van der Waals surface area contributed by atoms with Crippen molar-refractivity contribution in [3.8, 4) is 0 Å². The number of esters is 1. The maximum Gasteiger partial charge on any atom is 0.319 e. The van der Waals surface area contributed by atoms with E-state index < -0.39 is 5.41 Å². The third kappa shape index (κ3) is 3.32. The van der Waals surface area contributed by atoms with Crippen molar-refractivity contribution in [2.45, 2.75) is 43.7 Å². The molecule has 1 N–H and O–H groups in total. The van der Waals surface area contributed by atoms with Crippen LogP contribution in [0, 0.1) is 11.8 Å². The third-order valence-corrected chi connectivity index (χ3v) is 8.29. The van der Waals surface area contributed by atoms with Gasteiger partial charge in [-0.15, -0.1) is 0 Å². The van der Waals surface area contributed by atoms with Crippen LogP contribution in [-0.2, 0) is 32.7 Å². The Labute approximate surface area is 195 Å². The van der Waals surface area contributed by atoms with E-state index in [1.54, 1.807) is 7.11 Å². The Morgan fingerprint density at radius 3 is 2.82 bits per heavy atom. The fourth-order valence-corrected chi connectivity index (χ4v) is 7.15. The van der Waals surface area contributed by atoms with E-state index in [0.29, 0.717) is 25.0 Å². The molecule has 0 spiro atoms. The van der Waals surface area contributed by atoms with Crippen molar-refractivity contribution >= 4 is 16.9 Å². The molecule has 4 aliphatic rings. The third-order valence-electron chi connectivity index (χ3n) is 8.29. The predicted octanol–water partition coefficient (Wildman–Crippen LogP) is 4.45. The zero-order valence-corrected chi connectivity index (χ0v) is 19.3. The van der Waals surface area contributed by atoms with Crippen LogP contribution in [0.25, 0.3) is 10.9 Å². The molecule has 33 heavy (non-hydrogen) atoms. The van der Waals surface area contributed by atoms with Gasteiger partial charge in [0.05, 0.1) is 13.7 Å². The summed E-state index contributed by atoms with van der Waals surface area (Å²) in [7, 11) is 1.55. The molecule has 3 aromatic rings. The summed E-state index contributed by atoms with van der Waals surface area (Å²) in [5.74, 6) is 0.849. The number of nitrogens with zero attached hydrogens (tertiary/aromatic N) is 1. The summed E-state index contributed by atoms with van der Waals surface area (Å²) in [5.41, 5.74) is 4.13. The number of benzene rings is 2. The van der Waals surface area contributed by atoms with Crippen molar-refractivity contribution in [1.29, 1.82) is 0 Å². The van der Waals surface area contributed by atoms with Crippen LogP contribution in [0.2, 0.25) is 0 Å². The lowest BCUT2D eigenvalue weighted by Crippen LogP contribution is -2.67.